The van der Waals surface area contributed by atoms with E-state index < -0.39 is 32.7 Å². The summed E-state index contributed by atoms with van der Waals surface area (Å²) in [6.07, 6.45) is 5.37. The van der Waals surface area contributed by atoms with Gasteiger partial charge >= 0.3 is 27.3 Å². The number of alkyl halides is 2. The maximum atomic E-state index is 13.4. The van der Waals surface area contributed by atoms with E-state index in [-0.39, 0.29) is 19.1 Å². The summed E-state index contributed by atoms with van der Waals surface area (Å²) in [5, 5.41) is -4.98. The Morgan fingerprint density at radius 2 is 1.96 bits per heavy atom. The van der Waals surface area contributed by atoms with Crippen molar-refractivity contribution in [1.29, 1.82) is 0 Å². The highest BCUT2D eigenvalue weighted by molar-refractivity contribution is 7.87. The lowest BCUT2D eigenvalue weighted by Gasteiger charge is -2.48. The Hall–Kier alpha value is -1.55. The molecule has 7 nitrogen and oxygen atoms in total. The van der Waals surface area contributed by atoms with Crippen LogP contribution >= 0.6 is 0 Å². The normalized spacial score (nSPS) is 27.7. The van der Waals surface area contributed by atoms with Gasteiger partial charge in [-0.3, -0.25) is 4.55 Å². The molecular formula is C18H26F2O7S. The van der Waals surface area contributed by atoms with Crippen LogP contribution in [0.5, 0.6) is 0 Å². The number of halogens is 2. The number of fused-ring (bicyclic) bond motifs is 2. The van der Waals surface area contributed by atoms with E-state index in [0.717, 1.165) is 19.3 Å². The van der Waals surface area contributed by atoms with E-state index in [4.69, 9.17) is 9.29 Å². The quantitative estimate of drug-likeness (QED) is 0.362. The van der Waals surface area contributed by atoms with Gasteiger partial charge in [-0.05, 0) is 50.9 Å². The lowest BCUT2D eigenvalue weighted by atomic mass is 9.59. The molecule has 0 saturated heterocycles. The zero-order valence-electron chi connectivity index (χ0n) is 15.8. The van der Waals surface area contributed by atoms with Crippen molar-refractivity contribution in [1.82, 2.24) is 0 Å². The van der Waals surface area contributed by atoms with Gasteiger partial charge in [0.2, 0.25) is 0 Å². The van der Waals surface area contributed by atoms with Crippen molar-refractivity contribution in [2.45, 2.75) is 57.1 Å². The topological polar surface area (TPSA) is 107 Å². The molecule has 2 rings (SSSR count). The molecule has 2 bridgehead atoms. The Morgan fingerprint density at radius 3 is 2.57 bits per heavy atom. The van der Waals surface area contributed by atoms with Gasteiger partial charge in [-0.25, -0.2) is 9.59 Å². The number of esters is 2. The molecule has 0 radical (unpaired) electrons. The van der Waals surface area contributed by atoms with Crippen LogP contribution in [0.4, 0.5) is 8.78 Å². The summed E-state index contributed by atoms with van der Waals surface area (Å²) in [5.41, 5.74) is -0.196. The van der Waals surface area contributed by atoms with E-state index in [1.807, 2.05) is 0 Å². The van der Waals surface area contributed by atoms with E-state index in [2.05, 4.69) is 11.3 Å². The number of rotatable bonds is 8. The lowest BCUT2D eigenvalue weighted by Crippen LogP contribution is -2.44. The largest absolute Gasteiger partial charge is 0.465 e. The minimum absolute atomic E-state index is 0.178. The molecule has 3 atom stereocenters. The second-order valence-corrected chi connectivity index (χ2v) is 9.50. The molecule has 10 heteroatoms. The van der Waals surface area contributed by atoms with Crippen molar-refractivity contribution in [2.75, 3.05) is 13.2 Å². The summed E-state index contributed by atoms with van der Waals surface area (Å²) in [6.45, 7) is 4.96. The third kappa shape index (κ3) is 5.28. The smallest absolute Gasteiger partial charge is 0.462 e. The lowest BCUT2D eigenvalue weighted by molar-refractivity contribution is -0.168. The minimum Gasteiger partial charge on any atom is -0.462 e. The molecular weight excluding hydrogens is 398 g/mol. The highest BCUT2D eigenvalue weighted by Gasteiger charge is 2.55. The van der Waals surface area contributed by atoms with E-state index in [0.29, 0.717) is 37.2 Å². The van der Waals surface area contributed by atoms with Gasteiger partial charge in [0.25, 0.3) is 0 Å². The second kappa shape index (κ2) is 8.44. The fraction of sp³-hybridized carbons (Fsp3) is 0.778. The van der Waals surface area contributed by atoms with Crippen LogP contribution in [-0.4, -0.2) is 43.4 Å². The molecule has 2 aliphatic rings. The van der Waals surface area contributed by atoms with Crippen LogP contribution in [0, 0.1) is 17.3 Å². The molecule has 0 aromatic heterocycles. The van der Waals surface area contributed by atoms with Crippen molar-refractivity contribution in [3.05, 3.63) is 12.2 Å². The summed E-state index contributed by atoms with van der Waals surface area (Å²) in [5.74, 6) is -2.20. The first-order chi connectivity index (χ1) is 12.9. The molecule has 0 aromatic rings. The second-order valence-electron chi connectivity index (χ2n) is 8.04. The Morgan fingerprint density at radius 1 is 1.29 bits per heavy atom. The molecule has 2 fully saturated rings. The highest BCUT2D eigenvalue weighted by atomic mass is 32.2. The standard InChI is InChI=1S/C18H26F2O7S/c1-12(2)15(21)26-7-5-14-8-13-4-3-6-17(9-13,10-14)11-27-16(22)18(19,20)28(23,24)25/h13-14H,1,3-11H2,2H3,(H,23,24,25). The van der Waals surface area contributed by atoms with E-state index >= 15 is 0 Å². The number of carbonyl (C=O) groups excluding carboxylic acids is 2. The van der Waals surface area contributed by atoms with Crippen LogP contribution in [-0.2, 0) is 29.2 Å². The monoisotopic (exact) mass is 424 g/mol. The minimum atomic E-state index is -5.88. The van der Waals surface area contributed by atoms with E-state index in [1.165, 1.54) is 0 Å². The molecule has 0 heterocycles. The van der Waals surface area contributed by atoms with Gasteiger partial charge in [0.1, 0.15) is 0 Å². The molecule has 0 aliphatic heterocycles. The average molecular weight is 424 g/mol. The number of ether oxygens (including phenoxy) is 2. The molecule has 0 aromatic carbocycles. The summed E-state index contributed by atoms with van der Waals surface area (Å²) in [7, 11) is -5.88. The maximum Gasteiger partial charge on any atom is 0.465 e. The van der Waals surface area contributed by atoms with Gasteiger partial charge in [0.15, 0.2) is 0 Å². The van der Waals surface area contributed by atoms with Crippen LogP contribution in [0.2, 0.25) is 0 Å². The van der Waals surface area contributed by atoms with Crippen LogP contribution in [0.15, 0.2) is 12.2 Å². The van der Waals surface area contributed by atoms with Crippen molar-refractivity contribution in [3.8, 4) is 0 Å². The number of carbonyl (C=O) groups is 2. The molecule has 0 amide bonds. The molecule has 28 heavy (non-hydrogen) atoms. The average Bonchev–Trinajstić information content (AvgIpc) is 2.58. The Labute approximate surface area is 163 Å². The predicted molar refractivity (Wildman–Crippen MR) is 95.0 cm³/mol. The van der Waals surface area contributed by atoms with Gasteiger partial charge < -0.3 is 9.47 Å². The zero-order valence-corrected chi connectivity index (χ0v) is 16.6. The zero-order chi connectivity index (χ0) is 21.2. The van der Waals surface area contributed by atoms with Gasteiger partial charge in [-0.15, -0.1) is 0 Å². The van der Waals surface area contributed by atoms with Gasteiger partial charge in [0, 0.05) is 11.0 Å². The van der Waals surface area contributed by atoms with E-state index in [9.17, 15) is 26.8 Å². The van der Waals surface area contributed by atoms with Crippen molar-refractivity contribution >= 4 is 22.1 Å². The van der Waals surface area contributed by atoms with Crippen LogP contribution < -0.4 is 0 Å². The third-order valence-corrected chi connectivity index (χ3v) is 6.42. The van der Waals surface area contributed by atoms with Crippen molar-refractivity contribution in [2.24, 2.45) is 17.3 Å². The Bertz CT molecular complexity index is 734. The van der Waals surface area contributed by atoms with Crippen molar-refractivity contribution < 1.29 is 40.8 Å². The van der Waals surface area contributed by atoms with Crippen LogP contribution in [0.3, 0.4) is 0 Å². The molecule has 2 aliphatic carbocycles. The van der Waals surface area contributed by atoms with Gasteiger partial charge in [-0.1, -0.05) is 19.4 Å². The van der Waals surface area contributed by atoms with E-state index in [1.54, 1.807) is 6.92 Å². The summed E-state index contributed by atoms with van der Waals surface area (Å²) >= 11 is 0. The van der Waals surface area contributed by atoms with Crippen LogP contribution in [0.25, 0.3) is 0 Å². The molecule has 3 unspecified atom stereocenters. The number of hydrogen-bond donors (Lipinski definition) is 1. The summed E-state index contributed by atoms with van der Waals surface area (Å²) in [6, 6.07) is 0. The summed E-state index contributed by atoms with van der Waals surface area (Å²) in [4.78, 5) is 23.0. The molecule has 1 N–H and O–H groups in total. The molecule has 0 spiro atoms. The Balaban J connectivity index is 1.97. The molecule has 160 valence electrons. The third-order valence-electron chi connectivity index (χ3n) is 5.61. The fourth-order valence-corrected chi connectivity index (χ4v) is 4.66. The summed E-state index contributed by atoms with van der Waals surface area (Å²) < 4.78 is 66.5. The van der Waals surface area contributed by atoms with Gasteiger partial charge in [0.05, 0.1) is 13.2 Å². The first-order valence-corrected chi connectivity index (χ1v) is 10.6. The first kappa shape index (κ1) is 22.7. The first-order valence-electron chi connectivity index (χ1n) is 9.21. The predicted octanol–water partition coefficient (Wildman–Crippen LogP) is 3.11. The molecule has 2 saturated carbocycles. The number of hydrogen-bond acceptors (Lipinski definition) is 6. The van der Waals surface area contributed by atoms with Crippen molar-refractivity contribution in [3.63, 3.8) is 0 Å². The SMILES string of the molecule is C=C(C)C(=O)OCCC1CC2CCCC(COC(=O)C(F)(F)S(=O)(=O)O)(C2)C1. The Kier molecular flexibility index (Phi) is 6.86. The van der Waals surface area contributed by atoms with Crippen LogP contribution in [0.1, 0.15) is 51.9 Å². The van der Waals surface area contributed by atoms with Gasteiger partial charge in [-0.2, -0.15) is 17.2 Å². The maximum absolute atomic E-state index is 13.4. The fourth-order valence-electron chi connectivity index (χ4n) is 4.40. The highest BCUT2D eigenvalue weighted by Crippen LogP contribution is 2.52.